The van der Waals surface area contributed by atoms with Crippen LogP contribution >= 0.6 is 0 Å². The lowest BCUT2D eigenvalue weighted by molar-refractivity contribution is -0.241. The van der Waals surface area contributed by atoms with Gasteiger partial charge in [0.25, 0.3) is 5.92 Å². The second-order valence-electron chi connectivity index (χ2n) is 3.55. The molecule has 0 fully saturated rings. The summed E-state index contributed by atoms with van der Waals surface area (Å²) in [6.45, 7) is -1.33. The normalized spacial score (nSPS) is 25.9. The molecule has 0 amide bonds. The van der Waals surface area contributed by atoms with Gasteiger partial charge in [0.2, 0.25) is 5.82 Å². The molecule has 9 heteroatoms. The third-order valence-corrected chi connectivity index (χ3v) is 2.22. The summed E-state index contributed by atoms with van der Waals surface area (Å²) in [6.07, 6.45) is -1.68. The van der Waals surface area contributed by atoms with E-state index in [0.29, 0.717) is 6.33 Å². The lowest BCUT2D eigenvalue weighted by Gasteiger charge is -2.24. The summed E-state index contributed by atoms with van der Waals surface area (Å²) in [5, 5.41) is 3.09. The first-order valence-corrected chi connectivity index (χ1v) is 4.17. The van der Waals surface area contributed by atoms with Crippen molar-refractivity contribution < 1.29 is 26.3 Å². The summed E-state index contributed by atoms with van der Waals surface area (Å²) >= 11 is 0. The highest BCUT2D eigenvalue weighted by molar-refractivity contribution is 5.07. The molecule has 16 heavy (non-hydrogen) atoms. The number of hydrogen-bond acceptors (Lipinski definition) is 2. The number of aromatic nitrogens is 3. The number of halogens is 6. The smallest absolute Gasteiger partial charge is 0.238 e. The van der Waals surface area contributed by atoms with Gasteiger partial charge in [-0.15, -0.1) is 0 Å². The van der Waals surface area contributed by atoms with Crippen molar-refractivity contribution in [1.29, 1.82) is 0 Å². The van der Waals surface area contributed by atoms with Crippen molar-refractivity contribution in [2.75, 3.05) is 0 Å². The second kappa shape index (κ2) is 2.89. The van der Waals surface area contributed by atoms with Crippen LogP contribution in [-0.2, 0) is 12.5 Å². The molecule has 0 spiro atoms. The van der Waals surface area contributed by atoms with Crippen molar-refractivity contribution in [1.82, 2.24) is 14.8 Å². The standard InChI is InChI=1S/C7H5F6N3/c8-5(9)1-6(10,11)7(12,13)4-14-3-15-16(4)2-5/h3H,1-2H2. The first kappa shape index (κ1) is 11.2. The highest BCUT2D eigenvalue weighted by atomic mass is 19.3. The van der Waals surface area contributed by atoms with Gasteiger partial charge in [-0.1, -0.05) is 0 Å². The van der Waals surface area contributed by atoms with Crippen molar-refractivity contribution >= 4 is 0 Å². The molecule has 3 nitrogen and oxygen atoms in total. The van der Waals surface area contributed by atoms with Crippen molar-refractivity contribution in [2.24, 2.45) is 0 Å². The van der Waals surface area contributed by atoms with E-state index in [4.69, 9.17) is 0 Å². The SMILES string of the molecule is FC1(F)Cn2ncnc2C(F)(F)C(F)(F)C1. The Balaban J connectivity index is 2.59. The molecule has 1 aromatic heterocycles. The zero-order valence-corrected chi connectivity index (χ0v) is 7.60. The van der Waals surface area contributed by atoms with E-state index in [2.05, 4.69) is 10.1 Å². The third-order valence-electron chi connectivity index (χ3n) is 2.22. The van der Waals surface area contributed by atoms with Gasteiger partial charge in [-0.3, -0.25) is 0 Å². The lowest BCUT2D eigenvalue weighted by atomic mass is 10.1. The molecule has 1 aromatic rings. The minimum atomic E-state index is -4.85. The molecule has 0 N–H and O–H groups in total. The molecule has 0 atom stereocenters. The fourth-order valence-electron chi connectivity index (χ4n) is 1.50. The Morgan fingerprint density at radius 2 is 1.75 bits per heavy atom. The summed E-state index contributed by atoms with van der Waals surface area (Å²) in [5.74, 6) is -15.0. The molecule has 2 rings (SSSR count). The zero-order chi connectivity index (χ0) is 12.2. The molecular weight excluding hydrogens is 240 g/mol. The minimum absolute atomic E-state index is 0.112. The van der Waals surface area contributed by atoms with E-state index in [1.54, 1.807) is 0 Å². The molecule has 0 saturated heterocycles. The van der Waals surface area contributed by atoms with E-state index in [0.717, 1.165) is 0 Å². The Kier molecular flexibility index (Phi) is 2.02. The van der Waals surface area contributed by atoms with Crippen LogP contribution in [0.3, 0.4) is 0 Å². The topological polar surface area (TPSA) is 30.7 Å². The predicted octanol–water partition coefficient (Wildman–Crippen LogP) is 2.04. The van der Waals surface area contributed by atoms with Crippen LogP contribution in [-0.4, -0.2) is 26.6 Å². The first-order valence-electron chi connectivity index (χ1n) is 4.17. The number of hydrogen-bond donors (Lipinski definition) is 0. The van der Waals surface area contributed by atoms with E-state index in [-0.39, 0.29) is 4.68 Å². The Bertz CT molecular complexity index is 412. The number of fused-ring (bicyclic) bond motifs is 1. The van der Waals surface area contributed by atoms with Crippen LogP contribution in [0, 0.1) is 0 Å². The van der Waals surface area contributed by atoms with E-state index < -0.39 is 36.6 Å². The Morgan fingerprint density at radius 1 is 1.12 bits per heavy atom. The van der Waals surface area contributed by atoms with E-state index in [1.165, 1.54) is 0 Å². The Labute approximate surface area is 85.1 Å². The fourth-order valence-corrected chi connectivity index (χ4v) is 1.50. The summed E-state index contributed by atoms with van der Waals surface area (Å²) in [4.78, 5) is 2.92. The lowest BCUT2D eigenvalue weighted by Crippen LogP contribution is -2.41. The van der Waals surface area contributed by atoms with Crippen molar-refractivity contribution in [3.8, 4) is 0 Å². The quantitative estimate of drug-likeness (QED) is 0.655. The molecule has 0 saturated carbocycles. The number of alkyl halides is 6. The predicted molar refractivity (Wildman–Crippen MR) is 38.4 cm³/mol. The van der Waals surface area contributed by atoms with Gasteiger partial charge in [0, 0.05) is 0 Å². The van der Waals surface area contributed by atoms with Crippen molar-refractivity contribution in [2.45, 2.75) is 30.7 Å². The zero-order valence-electron chi connectivity index (χ0n) is 7.60. The van der Waals surface area contributed by atoms with Gasteiger partial charge in [0.05, 0.1) is 6.42 Å². The molecule has 1 aliphatic heterocycles. The highest BCUT2D eigenvalue weighted by Gasteiger charge is 2.66. The Morgan fingerprint density at radius 3 is 2.38 bits per heavy atom. The van der Waals surface area contributed by atoms with Crippen molar-refractivity contribution in [3.05, 3.63) is 12.2 Å². The summed E-state index contributed by atoms with van der Waals surface area (Å²) in [7, 11) is 0. The maximum absolute atomic E-state index is 13.2. The number of nitrogens with zero attached hydrogens (tertiary/aromatic N) is 3. The average molecular weight is 245 g/mol. The van der Waals surface area contributed by atoms with E-state index in [1.807, 2.05) is 0 Å². The number of rotatable bonds is 0. The van der Waals surface area contributed by atoms with Gasteiger partial charge < -0.3 is 0 Å². The monoisotopic (exact) mass is 245 g/mol. The highest BCUT2D eigenvalue weighted by Crippen LogP contribution is 2.49. The molecule has 0 bridgehead atoms. The minimum Gasteiger partial charge on any atom is -0.238 e. The molecule has 0 aromatic carbocycles. The van der Waals surface area contributed by atoms with Gasteiger partial charge in [-0.2, -0.15) is 22.7 Å². The maximum atomic E-state index is 13.2. The van der Waals surface area contributed by atoms with Crippen LogP contribution in [0.5, 0.6) is 0 Å². The van der Waals surface area contributed by atoms with E-state index in [9.17, 15) is 26.3 Å². The fraction of sp³-hybridized carbons (Fsp3) is 0.714. The van der Waals surface area contributed by atoms with Gasteiger partial charge in [0.1, 0.15) is 12.9 Å². The van der Waals surface area contributed by atoms with Crippen LogP contribution in [0.4, 0.5) is 26.3 Å². The average Bonchev–Trinajstić information content (AvgIpc) is 2.46. The molecule has 90 valence electrons. The van der Waals surface area contributed by atoms with Crippen LogP contribution in [0.25, 0.3) is 0 Å². The van der Waals surface area contributed by atoms with Crippen LogP contribution in [0.1, 0.15) is 12.2 Å². The first-order chi connectivity index (χ1) is 7.16. The molecule has 0 aliphatic carbocycles. The maximum Gasteiger partial charge on any atom is 0.368 e. The third kappa shape index (κ3) is 1.45. The van der Waals surface area contributed by atoms with E-state index >= 15 is 0 Å². The largest absolute Gasteiger partial charge is 0.368 e. The molecule has 0 radical (unpaired) electrons. The van der Waals surface area contributed by atoms with Gasteiger partial charge in [-0.05, 0) is 0 Å². The van der Waals surface area contributed by atoms with Crippen LogP contribution in [0.15, 0.2) is 6.33 Å². The molecular formula is C7H5F6N3. The summed E-state index contributed by atoms with van der Waals surface area (Å²) in [5.41, 5.74) is 0. The van der Waals surface area contributed by atoms with Crippen LogP contribution < -0.4 is 0 Å². The van der Waals surface area contributed by atoms with Crippen molar-refractivity contribution in [3.63, 3.8) is 0 Å². The van der Waals surface area contributed by atoms with Gasteiger partial charge >= 0.3 is 11.8 Å². The summed E-state index contributed by atoms with van der Waals surface area (Å²) < 4.78 is 78.4. The van der Waals surface area contributed by atoms with Gasteiger partial charge in [-0.25, -0.2) is 18.4 Å². The summed E-state index contributed by atoms with van der Waals surface area (Å²) in [6, 6.07) is 0. The molecule has 1 aliphatic rings. The van der Waals surface area contributed by atoms with Gasteiger partial charge in [0.15, 0.2) is 0 Å². The second-order valence-corrected chi connectivity index (χ2v) is 3.55. The Hall–Kier alpha value is -1.28. The molecule has 0 unspecified atom stereocenters. The van der Waals surface area contributed by atoms with Crippen LogP contribution in [0.2, 0.25) is 0 Å². The molecule has 2 heterocycles.